The van der Waals surface area contributed by atoms with Gasteiger partial charge in [-0.1, -0.05) is 13.3 Å². The highest BCUT2D eigenvalue weighted by Gasteiger charge is 2.95. The molecule has 0 aromatic heterocycles. The first-order chi connectivity index (χ1) is 15.5. The van der Waals surface area contributed by atoms with Crippen LogP contribution in [0, 0.1) is 0 Å². The van der Waals surface area contributed by atoms with Crippen LogP contribution in [0.5, 0.6) is 0 Å². The fraction of sp³-hybridized carbons (Fsp3) is 1.00. The Balaban J connectivity index is 7.25. The third-order valence-electron chi connectivity index (χ3n) is 4.59. The smallest absolute Gasteiger partial charge is 0.395 e. The highest BCUT2D eigenvalue weighted by atomic mass is 32.2. The lowest BCUT2D eigenvalue weighted by atomic mass is 9.88. The summed E-state index contributed by atoms with van der Waals surface area (Å²) in [5.74, 6) is -50.9. The molecule has 1 atom stereocenters. The second kappa shape index (κ2) is 9.77. The maximum atomic E-state index is 15.0. The largest absolute Gasteiger partial charge is 0.460 e. The van der Waals surface area contributed by atoms with Gasteiger partial charge in [-0.2, -0.15) is 65.9 Å². The minimum atomic E-state index is -8.78. The summed E-state index contributed by atoms with van der Waals surface area (Å²) >= 11 is 0. The van der Waals surface area contributed by atoms with Crippen molar-refractivity contribution in [2.75, 3.05) is 13.2 Å². The highest BCUT2D eigenvalue weighted by Crippen LogP contribution is 2.64. The SMILES string of the molecule is CCCCC(F)(C(F)(F)C(F)(F)C(F)(F)C(F)(F)C(F)(F)C(F)(F)C(F)(F)F)S(=O)(=O)N(F)CCO. The van der Waals surface area contributed by atoms with Gasteiger partial charge >= 0.3 is 41.7 Å². The molecule has 0 radical (unpaired) electrons. The first-order valence-electron chi connectivity index (χ1n) is 8.86. The van der Waals surface area contributed by atoms with Crippen LogP contribution in [0.4, 0.5) is 74.7 Å². The molecule has 0 saturated carbocycles. The number of halogens is 17. The summed E-state index contributed by atoms with van der Waals surface area (Å²) in [4.78, 5) is 0. The molecule has 0 bridgehead atoms. The van der Waals surface area contributed by atoms with Crippen LogP contribution in [-0.2, 0) is 10.0 Å². The summed E-state index contributed by atoms with van der Waals surface area (Å²) in [5.41, 5.74) is 0. The zero-order valence-electron chi connectivity index (χ0n) is 17.1. The summed E-state index contributed by atoms with van der Waals surface area (Å²) in [6.07, 6.45) is -12.5. The minimum Gasteiger partial charge on any atom is -0.395 e. The average molecular weight is 599 g/mol. The second-order valence-corrected chi connectivity index (χ2v) is 9.01. The first kappa shape index (κ1) is 34.7. The van der Waals surface area contributed by atoms with Crippen LogP contribution >= 0.6 is 0 Å². The zero-order valence-corrected chi connectivity index (χ0v) is 17.9. The van der Waals surface area contributed by atoms with E-state index in [9.17, 15) is 83.1 Å². The number of aliphatic hydroxyl groups excluding tert-OH is 1. The lowest BCUT2D eigenvalue weighted by Gasteiger charge is -2.44. The van der Waals surface area contributed by atoms with E-state index in [1.807, 2.05) is 0 Å². The van der Waals surface area contributed by atoms with Crippen molar-refractivity contribution in [2.24, 2.45) is 0 Å². The van der Waals surface area contributed by atoms with Crippen molar-refractivity contribution >= 4 is 10.0 Å². The van der Waals surface area contributed by atoms with Gasteiger partial charge in [-0.15, -0.1) is 4.48 Å². The Hall–Kier alpha value is -1.32. The van der Waals surface area contributed by atoms with E-state index in [4.69, 9.17) is 5.11 Å². The predicted octanol–water partition coefficient (Wildman–Crippen LogP) is 5.73. The molecule has 36 heavy (non-hydrogen) atoms. The Morgan fingerprint density at radius 1 is 0.639 bits per heavy atom. The van der Waals surface area contributed by atoms with Crippen molar-refractivity contribution in [1.29, 1.82) is 0 Å². The van der Waals surface area contributed by atoms with Crippen LogP contribution in [0.1, 0.15) is 26.2 Å². The molecule has 0 aliphatic carbocycles. The van der Waals surface area contributed by atoms with Crippen LogP contribution in [0.3, 0.4) is 0 Å². The number of hydrogen-bond acceptors (Lipinski definition) is 3. The van der Waals surface area contributed by atoms with E-state index in [0.29, 0.717) is 0 Å². The summed E-state index contributed by atoms with van der Waals surface area (Å²) in [6, 6.07) is 0. The van der Waals surface area contributed by atoms with Crippen molar-refractivity contribution < 1.29 is 88.3 Å². The summed E-state index contributed by atoms with van der Waals surface area (Å²) in [5, 5.41) is 1.98. The predicted molar refractivity (Wildman–Crippen MR) is 82.9 cm³/mol. The van der Waals surface area contributed by atoms with Crippen molar-refractivity contribution in [3.05, 3.63) is 0 Å². The van der Waals surface area contributed by atoms with Gasteiger partial charge in [0.05, 0.1) is 13.2 Å². The molecule has 1 unspecified atom stereocenters. The molecule has 0 fully saturated rings. The highest BCUT2D eigenvalue weighted by molar-refractivity contribution is 7.90. The number of unbranched alkanes of at least 4 members (excludes halogenated alkanes) is 1. The van der Waals surface area contributed by atoms with Gasteiger partial charge in [-0.25, -0.2) is 12.8 Å². The summed E-state index contributed by atoms with van der Waals surface area (Å²) < 4.78 is 250. The third-order valence-corrected chi connectivity index (χ3v) is 6.58. The molecule has 4 nitrogen and oxygen atoms in total. The molecule has 0 aromatic rings. The number of hydrogen-bond donors (Lipinski definition) is 1. The summed E-state index contributed by atoms with van der Waals surface area (Å²) in [6.45, 7) is -2.90. The molecule has 22 heteroatoms. The van der Waals surface area contributed by atoms with E-state index < -0.39 is 93.7 Å². The lowest BCUT2D eigenvalue weighted by Crippen LogP contribution is -2.75. The molecule has 0 aromatic carbocycles. The fourth-order valence-corrected chi connectivity index (χ4v) is 3.90. The third kappa shape index (κ3) is 4.57. The van der Waals surface area contributed by atoms with Gasteiger partial charge in [0.15, 0.2) is 0 Å². The first-order valence-corrected chi connectivity index (χ1v) is 10.3. The molecule has 0 rings (SSSR count). The maximum Gasteiger partial charge on any atom is 0.460 e. The van der Waals surface area contributed by atoms with E-state index in [0.717, 1.165) is 6.92 Å². The normalized spacial score (nSPS) is 17.4. The Morgan fingerprint density at radius 2 is 0.972 bits per heavy atom. The van der Waals surface area contributed by atoms with E-state index >= 15 is 0 Å². The molecule has 0 aliphatic heterocycles. The fourth-order valence-electron chi connectivity index (χ4n) is 2.41. The van der Waals surface area contributed by atoms with Crippen molar-refractivity contribution in [3.8, 4) is 0 Å². The number of nitrogens with zero attached hydrogens (tertiary/aromatic N) is 1. The van der Waals surface area contributed by atoms with E-state index in [1.165, 1.54) is 0 Å². The zero-order chi connectivity index (χ0) is 29.6. The van der Waals surface area contributed by atoms with Crippen LogP contribution in [0.15, 0.2) is 0 Å². The number of rotatable bonds is 13. The average Bonchev–Trinajstić information content (AvgIpc) is 2.70. The van der Waals surface area contributed by atoms with E-state index in [1.54, 1.807) is 0 Å². The van der Waals surface area contributed by atoms with Gasteiger partial charge in [0, 0.05) is 6.42 Å². The van der Waals surface area contributed by atoms with Crippen LogP contribution in [0.25, 0.3) is 0 Å². The molecule has 0 spiro atoms. The molecule has 218 valence electrons. The van der Waals surface area contributed by atoms with Crippen LogP contribution < -0.4 is 0 Å². The van der Waals surface area contributed by atoms with Crippen molar-refractivity contribution in [3.63, 3.8) is 0 Å². The Morgan fingerprint density at radius 3 is 1.28 bits per heavy atom. The van der Waals surface area contributed by atoms with Gasteiger partial charge in [-0.3, -0.25) is 0 Å². The van der Waals surface area contributed by atoms with Gasteiger partial charge in [0.1, 0.15) is 0 Å². The van der Waals surface area contributed by atoms with Gasteiger partial charge in [0.25, 0.3) is 15.0 Å². The monoisotopic (exact) mass is 599 g/mol. The Kier molecular flexibility index (Phi) is 9.41. The van der Waals surface area contributed by atoms with Crippen LogP contribution in [-0.4, -0.2) is 77.9 Å². The van der Waals surface area contributed by atoms with E-state index in [-0.39, 0.29) is 0 Å². The number of alkyl halides is 16. The summed E-state index contributed by atoms with van der Waals surface area (Å²) in [7, 11) is -7.35. The number of aliphatic hydroxyl groups is 1. The molecular formula is C14H14F17NO3S. The number of sulfonamides is 1. The lowest BCUT2D eigenvalue weighted by molar-refractivity contribution is -0.455. The Bertz CT molecular complexity index is 872. The van der Waals surface area contributed by atoms with Crippen molar-refractivity contribution in [2.45, 2.75) is 72.9 Å². The molecule has 0 saturated heterocycles. The molecule has 0 aliphatic rings. The molecular weight excluding hydrogens is 585 g/mol. The maximum absolute atomic E-state index is 15.0. The van der Waals surface area contributed by atoms with Crippen LogP contribution in [0.2, 0.25) is 0 Å². The van der Waals surface area contributed by atoms with E-state index in [2.05, 4.69) is 0 Å². The standard InChI is InChI=1S/C14H14F17NO3S/c1-2-3-4-7(15,36(34,35)32(31)5-6-33)8(16,17)9(18,19)10(20,21)11(22,23)12(24,25)13(26,27)14(28,29)30/h33H,2-6H2,1H3. The van der Waals surface area contributed by atoms with Gasteiger partial charge in [-0.05, 0) is 10.9 Å². The minimum absolute atomic E-state index is 0.683. The second-order valence-electron chi connectivity index (χ2n) is 7.02. The van der Waals surface area contributed by atoms with Gasteiger partial charge in [0.2, 0.25) is 0 Å². The molecule has 0 amide bonds. The van der Waals surface area contributed by atoms with Gasteiger partial charge < -0.3 is 5.11 Å². The topological polar surface area (TPSA) is 57.6 Å². The molecule has 1 N–H and O–H groups in total. The van der Waals surface area contributed by atoms with Crippen molar-refractivity contribution in [1.82, 2.24) is 4.53 Å². The molecule has 0 heterocycles. The Labute approximate surface area is 190 Å². The quantitative estimate of drug-likeness (QED) is 0.218.